The first kappa shape index (κ1) is 22.4. The molecule has 1 aromatic rings. The number of rotatable bonds is 9. The van der Waals surface area contributed by atoms with Crippen molar-refractivity contribution in [3.05, 3.63) is 58.0 Å². The van der Waals surface area contributed by atoms with E-state index in [2.05, 4.69) is 5.32 Å². The van der Waals surface area contributed by atoms with E-state index in [1.807, 2.05) is 5.38 Å². The van der Waals surface area contributed by atoms with Crippen LogP contribution >= 0.6 is 11.3 Å². The van der Waals surface area contributed by atoms with Gasteiger partial charge in [-0.2, -0.15) is 0 Å². The number of hydrogen-bond acceptors (Lipinski definition) is 8. The molecule has 30 heavy (non-hydrogen) atoms. The number of carbonyl (C=O) groups is 2. The number of nitrogens with zero attached hydrogens (tertiary/aromatic N) is 1. The molecular formula is C21H26N2O6S. The highest BCUT2D eigenvalue weighted by Gasteiger charge is 2.42. The van der Waals surface area contributed by atoms with E-state index in [1.54, 1.807) is 43.5 Å². The molecule has 3 unspecified atom stereocenters. The van der Waals surface area contributed by atoms with E-state index >= 15 is 0 Å². The zero-order valence-corrected chi connectivity index (χ0v) is 17.4. The van der Waals surface area contributed by atoms with Crippen LogP contribution in [0.5, 0.6) is 0 Å². The molecule has 2 aliphatic rings. The molecule has 3 atom stereocenters. The van der Waals surface area contributed by atoms with Gasteiger partial charge in [-0.3, -0.25) is 14.9 Å². The van der Waals surface area contributed by atoms with Gasteiger partial charge in [0, 0.05) is 24.4 Å². The minimum absolute atomic E-state index is 0.196. The average molecular weight is 435 g/mol. The Kier molecular flexibility index (Phi) is 6.89. The fraction of sp³-hybridized carbons (Fsp3) is 0.429. The van der Waals surface area contributed by atoms with Crippen LogP contribution in [-0.2, 0) is 9.59 Å². The van der Waals surface area contributed by atoms with Crippen LogP contribution in [-0.4, -0.2) is 75.5 Å². The molecule has 1 aliphatic carbocycles. The molecule has 5 N–H and O–H groups in total. The minimum Gasteiger partial charge on any atom is -0.511 e. The largest absolute Gasteiger partial charge is 0.511 e. The van der Waals surface area contributed by atoms with Crippen molar-refractivity contribution in [3.8, 4) is 0 Å². The molecule has 1 amide bonds. The fourth-order valence-electron chi connectivity index (χ4n) is 3.72. The van der Waals surface area contributed by atoms with Crippen molar-refractivity contribution in [1.82, 2.24) is 10.2 Å². The number of aliphatic hydroxyl groups is 4. The molecule has 1 aromatic heterocycles. The van der Waals surface area contributed by atoms with Crippen molar-refractivity contribution in [1.29, 1.82) is 0 Å². The second-order valence-electron chi connectivity index (χ2n) is 7.56. The molecule has 8 nitrogen and oxygen atoms in total. The summed E-state index contributed by atoms with van der Waals surface area (Å²) in [5.74, 6) is -1.85. The van der Waals surface area contributed by atoms with Gasteiger partial charge in [0.05, 0.1) is 37.3 Å². The Morgan fingerprint density at radius 3 is 2.50 bits per heavy atom. The molecule has 3 rings (SSSR count). The number of allylic oxidation sites excluding steroid dienone is 2. The van der Waals surface area contributed by atoms with Gasteiger partial charge in [0.2, 0.25) is 0 Å². The summed E-state index contributed by atoms with van der Waals surface area (Å²) in [6, 6.07) is 2.54. The van der Waals surface area contributed by atoms with Crippen LogP contribution in [0.25, 0.3) is 0 Å². The standard InChI is InChI=1S/C21H26N2O6S/c1-23-15-6-3-2-5-13(15)19(28)18(20(23)29)16(27)9-14(17-7-4-8-30-17)22-21(10-24,11-25)12-26/h2-8,13-15,22,24-26,28H,9-12H2,1H3. The number of Topliss-reactive ketones (excluding diaryl/α,β-unsaturated/α-hetero) is 1. The molecule has 2 heterocycles. The highest BCUT2D eigenvalue weighted by atomic mass is 32.1. The van der Waals surface area contributed by atoms with Crippen LogP contribution in [0.15, 0.2) is 53.1 Å². The van der Waals surface area contributed by atoms with Crippen LogP contribution in [0.3, 0.4) is 0 Å². The monoisotopic (exact) mass is 434 g/mol. The number of aliphatic hydroxyl groups excluding tert-OH is 4. The first-order chi connectivity index (χ1) is 14.4. The number of carbonyl (C=O) groups excluding carboxylic acids is 2. The number of amides is 1. The predicted octanol–water partition coefficient (Wildman–Crippen LogP) is 0.449. The Morgan fingerprint density at radius 1 is 1.23 bits per heavy atom. The van der Waals surface area contributed by atoms with Crippen molar-refractivity contribution >= 4 is 23.0 Å². The second-order valence-corrected chi connectivity index (χ2v) is 8.54. The Balaban J connectivity index is 1.91. The van der Waals surface area contributed by atoms with E-state index in [9.17, 15) is 30.0 Å². The summed E-state index contributed by atoms with van der Waals surface area (Å²) in [7, 11) is 1.59. The predicted molar refractivity (Wildman–Crippen MR) is 112 cm³/mol. The van der Waals surface area contributed by atoms with Crippen molar-refractivity contribution < 1.29 is 30.0 Å². The first-order valence-corrected chi connectivity index (χ1v) is 10.5. The van der Waals surface area contributed by atoms with E-state index in [-0.39, 0.29) is 23.8 Å². The topological polar surface area (TPSA) is 130 Å². The SMILES string of the molecule is CN1C(=O)C(C(=O)CC(NC(CO)(CO)CO)c2cccs2)=C(O)C2C=CC=CC21. The lowest BCUT2D eigenvalue weighted by molar-refractivity contribution is -0.132. The van der Waals surface area contributed by atoms with E-state index in [1.165, 1.54) is 16.2 Å². The van der Waals surface area contributed by atoms with Crippen LogP contribution in [0.4, 0.5) is 0 Å². The van der Waals surface area contributed by atoms with Gasteiger partial charge in [0.25, 0.3) is 5.91 Å². The zero-order valence-electron chi connectivity index (χ0n) is 16.6. The van der Waals surface area contributed by atoms with Gasteiger partial charge in [-0.1, -0.05) is 30.4 Å². The highest BCUT2D eigenvalue weighted by Crippen LogP contribution is 2.34. The van der Waals surface area contributed by atoms with Gasteiger partial charge < -0.3 is 25.3 Å². The fourth-order valence-corrected chi connectivity index (χ4v) is 4.50. The van der Waals surface area contributed by atoms with E-state index < -0.39 is 49.0 Å². The highest BCUT2D eigenvalue weighted by molar-refractivity contribution is 7.10. The smallest absolute Gasteiger partial charge is 0.261 e. The quantitative estimate of drug-likeness (QED) is 0.357. The lowest BCUT2D eigenvalue weighted by atomic mass is 9.84. The van der Waals surface area contributed by atoms with Crippen molar-refractivity contribution in [2.75, 3.05) is 26.9 Å². The third kappa shape index (κ3) is 4.12. The summed E-state index contributed by atoms with van der Waals surface area (Å²) in [6.07, 6.45) is 6.91. The summed E-state index contributed by atoms with van der Waals surface area (Å²) in [5, 5.41) is 44.5. The lowest BCUT2D eigenvalue weighted by Gasteiger charge is -2.38. The molecule has 0 bridgehead atoms. The summed E-state index contributed by atoms with van der Waals surface area (Å²) in [4.78, 5) is 28.2. The minimum atomic E-state index is -1.40. The Morgan fingerprint density at radius 2 is 1.90 bits per heavy atom. The molecule has 9 heteroatoms. The van der Waals surface area contributed by atoms with Gasteiger partial charge in [0.1, 0.15) is 11.3 Å². The second kappa shape index (κ2) is 9.23. The maximum Gasteiger partial charge on any atom is 0.261 e. The van der Waals surface area contributed by atoms with E-state index in [4.69, 9.17) is 0 Å². The van der Waals surface area contributed by atoms with Gasteiger partial charge in [-0.25, -0.2) is 0 Å². The number of nitrogens with one attached hydrogen (secondary N) is 1. The third-order valence-electron chi connectivity index (χ3n) is 5.60. The molecule has 0 saturated carbocycles. The van der Waals surface area contributed by atoms with Crippen LogP contribution in [0.2, 0.25) is 0 Å². The molecule has 0 saturated heterocycles. The maximum absolute atomic E-state index is 13.2. The molecule has 0 radical (unpaired) electrons. The summed E-state index contributed by atoms with van der Waals surface area (Å²) >= 11 is 1.36. The summed E-state index contributed by atoms with van der Waals surface area (Å²) < 4.78 is 0. The summed E-state index contributed by atoms with van der Waals surface area (Å²) in [6.45, 7) is -1.65. The Hall–Kier alpha value is -2.30. The summed E-state index contributed by atoms with van der Waals surface area (Å²) in [5.41, 5.74) is -1.66. The van der Waals surface area contributed by atoms with Gasteiger partial charge in [-0.05, 0) is 11.4 Å². The van der Waals surface area contributed by atoms with Crippen molar-refractivity contribution in [2.24, 2.45) is 5.92 Å². The van der Waals surface area contributed by atoms with Crippen molar-refractivity contribution in [2.45, 2.75) is 24.0 Å². The van der Waals surface area contributed by atoms with Crippen LogP contribution in [0, 0.1) is 5.92 Å². The number of thiophene rings is 1. The maximum atomic E-state index is 13.2. The van der Waals surface area contributed by atoms with Crippen molar-refractivity contribution in [3.63, 3.8) is 0 Å². The normalized spacial score (nSPS) is 22.4. The first-order valence-electron chi connectivity index (χ1n) is 9.59. The lowest BCUT2D eigenvalue weighted by Crippen LogP contribution is -2.56. The molecule has 0 fully saturated rings. The molecule has 0 spiro atoms. The molecule has 0 aromatic carbocycles. The molecule has 1 aliphatic heterocycles. The number of ketones is 1. The molecular weight excluding hydrogens is 408 g/mol. The average Bonchev–Trinajstić information content (AvgIpc) is 3.30. The molecule has 162 valence electrons. The van der Waals surface area contributed by atoms with Gasteiger partial charge in [0.15, 0.2) is 5.78 Å². The number of likely N-dealkylation sites (N-methyl/N-ethyl adjacent to an activating group) is 1. The van der Waals surface area contributed by atoms with Gasteiger partial charge in [-0.15, -0.1) is 11.3 Å². The Labute approximate surface area is 178 Å². The number of fused-ring (bicyclic) bond motifs is 1. The van der Waals surface area contributed by atoms with E-state index in [0.717, 1.165) is 4.88 Å². The van der Waals surface area contributed by atoms with Crippen LogP contribution in [0.1, 0.15) is 17.3 Å². The van der Waals surface area contributed by atoms with Gasteiger partial charge >= 0.3 is 0 Å². The zero-order chi connectivity index (χ0) is 21.9. The number of hydrogen-bond donors (Lipinski definition) is 5. The van der Waals surface area contributed by atoms with Crippen LogP contribution < -0.4 is 5.32 Å². The Bertz CT molecular complexity index is 864. The van der Waals surface area contributed by atoms with E-state index in [0.29, 0.717) is 0 Å². The third-order valence-corrected chi connectivity index (χ3v) is 6.59.